The first kappa shape index (κ1) is 20.4. The number of ketones is 1. The van der Waals surface area contributed by atoms with Crippen molar-refractivity contribution in [3.8, 4) is 0 Å². The predicted molar refractivity (Wildman–Crippen MR) is 108 cm³/mol. The third-order valence-electron chi connectivity index (χ3n) is 10.1. The van der Waals surface area contributed by atoms with Crippen LogP contribution in [-0.2, 0) is 9.59 Å². The molecule has 9 atom stereocenters. The van der Waals surface area contributed by atoms with Crippen LogP contribution in [0, 0.1) is 46.3 Å². The number of carboxylic acid groups (broad SMARTS) is 1. The first-order valence-corrected chi connectivity index (χ1v) is 11.6. The molecule has 0 aromatic heterocycles. The van der Waals surface area contributed by atoms with Crippen LogP contribution in [0.25, 0.3) is 0 Å². The summed E-state index contributed by atoms with van der Waals surface area (Å²) in [6.07, 6.45) is 8.70. The first-order valence-electron chi connectivity index (χ1n) is 11.6. The summed E-state index contributed by atoms with van der Waals surface area (Å²) in [5.74, 6) is 2.73. The molecular formula is C24H38O4. The summed E-state index contributed by atoms with van der Waals surface area (Å²) < 4.78 is 0. The van der Waals surface area contributed by atoms with Crippen LogP contribution < -0.4 is 0 Å². The molecular weight excluding hydrogens is 352 g/mol. The Labute approximate surface area is 169 Å². The highest BCUT2D eigenvalue weighted by atomic mass is 16.4. The van der Waals surface area contributed by atoms with E-state index in [0.29, 0.717) is 48.2 Å². The Hall–Kier alpha value is -0.900. The Bertz CT molecular complexity index is 645. The van der Waals surface area contributed by atoms with Crippen molar-refractivity contribution in [1.82, 2.24) is 0 Å². The van der Waals surface area contributed by atoms with Crippen LogP contribution in [0.3, 0.4) is 0 Å². The molecule has 158 valence electrons. The number of carboxylic acids is 1. The van der Waals surface area contributed by atoms with E-state index in [9.17, 15) is 14.7 Å². The zero-order valence-electron chi connectivity index (χ0n) is 17.8. The zero-order chi connectivity index (χ0) is 20.3. The highest BCUT2D eigenvalue weighted by molar-refractivity contribution is 5.79. The summed E-state index contributed by atoms with van der Waals surface area (Å²) in [5, 5.41) is 20.1. The van der Waals surface area contributed by atoms with Crippen molar-refractivity contribution in [1.29, 1.82) is 0 Å². The van der Waals surface area contributed by atoms with E-state index in [-0.39, 0.29) is 29.3 Å². The minimum atomic E-state index is -0.684. The van der Waals surface area contributed by atoms with E-state index in [0.717, 1.165) is 19.3 Å². The fourth-order valence-electron chi connectivity index (χ4n) is 8.62. The molecule has 0 aromatic rings. The van der Waals surface area contributed by atoms with Gasteiger partial charge in [-0.2, -0.15) is 0 Å². The second-order valence-corrected chi connectivity index (χ2v) is 11.2. The highest BCUT2D eigenvalue weighted by Crippen LogP contribution is 2.68. The van der Waals surface area contributed by atoms with E-state index in [2.05, 4.69) is 20.8 Å². The van der Waals surface area contributed by atoms with Gasteiger partial charge in [0.15, 0.2) is 0 Å². The van der Waals surface area contributed by atoms with Crippen LogP contribution in [0.5, 0.6) is 0 Å². The topological polar surface area (TPSA) is 74.6 Å². The Kier molecular flexibility index (Phi) is 5.17. The second kappa shape index (κ2) is 7.11. The van der Waals surface area contributed by atoms with Crippen LogP contribution in [0.2, 0.25) is 0 Å². The van der Waals surface area contributed by atoms with Gasteiger partial charge in [0.05, 0.1) is 6.10 Å². The molecule has 4 fully saturated rings. The zero-order valence-corrected chi connectivity index (χ0v) is 17.8. The third kappa shape index (κ3) is 3.05. The Balaban J connectivity index is 1.55. The number of rotatable bonds is 4. The van der Waals surface area contributed by atoms with Crippen molar-refractivity contribution in [3.05, 3.63) is 0 Å². The molecule has 0 saturated heterocycles. The van der Waals surface area contributed by atoms with Gasteiger partial charge in [0.25, 0.3) is 0 Å². The lowest BCUT2D eigenvalue weighted by atomic mass is 9.44. The maximum absolute atomic E-state index is 12.1. The van der Waals surface area contributed by atoms with E-state index in [1.807, 2.05) is 0 Å². The van der Waals surface area contributed by atoms with E-state index < -0.39 is 5.97 Å². The smallest absolute Gasteiger partial charge is 0.303 e. The molecule has 0 amide bonds. The molecule has 28 heavy (non-hydrogen) atoms. The molecule has 4 aliphatic rings. The number of aliphatic hydroxyl groups excluding tert-OH is 1. The average molecular weight is 391 g/mol. The van der Waals surface area contributed by atoms with Crippen LogP contribution in [0.15, 0.2) is 0 Å². The molecule has 0 unspecified atom stereocenters. The number of fused-ring (bicyclic) bond motifs is 5. The van der Waals surface area contributed by atoms with Gasteiger partial charge in [-0.3, -0.25) is 9.59 Å². The molecule has 0 heterocycles. The van der Waals surface area contributed by atoms with Crippen LogP contribution in [0.1, 0.15) is 85.0 Å². The molecule has 4 heteroatoms. The molecule has 4 aliphatic carbocycles. The third-order valence-corrected chi connectivity index (χ3v) is 10.1. The molecule has 0 bridgehead atoms. The van der Waals surface area contributed by atoms with Gasteiger partial charge in [-0.1, -0.05) is 20.8 Å². The predicted octanol–water partition coefficient (Wildman–Crippen LogP) is 4.69. The summed E-state index contributed by atoms with van der Waals surface area (Å²) in [7, 11) is 0. The van der Waals surface area contributed by atoms with Crippen LogP contribution in [0.4, 0.5) is 0 Å². The minimum absolute atomic E-state index is 0.116. The lowest BCUT2D eigenvalue weighted by Gasteiger charge is -2.61. The van der Waals surface area contributed by atoms with Gasteiger partial charge in [0, 0.05) is 19.3 Å². The highest BCUT2D eigenvalue weighted by Gasteiger charge is 2.62. The number of carbonyl (C=O) groups excluding carboxylic acids is 1. The maximum Gasteiger partial charge on any atom is 0.303 e. The summed E-state index contributed by atoms with van der Waals surface area (Å²) in [4.78, 5) is 23.1. The van der Waals surface area contributed by atoms with Crippen LogP contribution >= 0.6 is 0 Å². The first-order chi connectivity index (χ1) is 13.2. The lowest BCUT2D eigenvalue weighted by molar-refractivity contribution is -0.166. The molecule has 4 saturated carbocycles. The largest absolute Gasteiger partial charge is 0.481 e. The van der Waals surface area contributed by atoms with E-state index in [1.165, 1.54) is 25.7 Å². The van der Waals surface area contributed by atoms with E-state index >= 15 is 0 Å². The maximum atomic E-state index is 12.1. The molecule has 0 spiro atoms. The van der Waals surface area contributed by atoms with Gasteiger partial charge < -0.3 is 10.2 Å². The SMILES string of the molecule is C[C@H](CCC(=O)O)[C@H]1CC[C@H]2[C@@H]3C[C@H](O)[C@@H]4CC(=O)CC[C@]4(C)[C@H]3CC[C@]12C. The van der Waals surface area contributed by atoms with Gasteiger partial charge in [0.1, 0.15) is 5.78 Å². The molecule has 0 aliphatic heterocycles. The summed E-state index contributed by atoms with van der Waals surface area (Å²) in [6.45, 7) is 7.09. The molecule has 4 rings (SSSR count). The summed E-state index contributed by atoms with van der Waals surface area (Å²) >= 11 is 0. The monoisotopic (exact) mass is 390 g/mol. The number of Topliss-reactive ketones (excluding diaryl/α,β-unsaturated/α-hetero) is 1. The fraction of sp³-hybridized carbons (Fsp3) is 0.917. The summed E-state index contributed by atoms with van der Waals surface area (Å²) in [6, 6.07) is 0. The Morgan fingerprint density at radius 1 is 1.11 bits per heavy atom. The van der Waals surface area contributed by atoms with E-state index in [4.69, 9.17) is 5.11 Å². The molecule has 0 radical (unpaired) electrons. The molecule has 4 nitrogen and oxygen atoms in total. The standard InChI is InChI=1S/C24H38O4/c1-14(4-7-22(27)28)17-5-6-18-16-13-21(26)20-12-15(25)8-10-24(20,3)19(16)9-11-23(17,18)2/h14,16-21,26H,4-13H2,1-3H3,(H,27,28)/t14-,16+,17-,18+,19+,20+,21+,23-,24-/m1/s1. The summed E-state index contributed by atoms with van der Waals surface area (Å²) in [5.41, 5.74) is 0.400. The van der Waals surface area contributed by atoms with Gasteiger partial charge in [-0.25, -0.2) is 0 Å². The van der Waals surface area contributed by atoms with E-state index in [1.54, 1.807) is 0 Å². The number of aliphatic hydroxyl groups is 1. The lowest BCUT2D eigenvalue weighted by Crippen LogP contribution is -2.58. The quantitative estimate of drug-likeness (QED) is 0.730. The van der Waals surface area contributed by atoms with Crippen molar-refractivity contribution in [2.45, 2.75) is 91.1 Å². The van der Waals surface area contributed by atoms with Gasteiger partial charge >= 0.3 is 5.97 Å². The van der Waals surface area contributed by atoms with Crippen molar-refractivity contribution in [3.63, 3.8) is 0 Å². The number of hydrogen-bond acceptors (Lipinski definition) is 3. The average Bonchev–Trinajstić information content (AvgIpc) is 2.99. The fourth-order valence-corrected chi connectivity index (χ4v) is 8.62. The van der Waals surface area contributed by atoms with Gasteiger partial charge in [-0.05, 0) is 91.3 Å². The Morgan fingerprint density at radius 3 is 2.54 bits per heavy atom. The van der Waals surface area contributed by atoms with Crippen molar-refractivity contribution in [2.75, 3.05) is 0 Å². The van der Waals surface area contributed by atoms with Crippen molar-refractivity contribution < 1.29 is 19.8 Å². The molecule has 2 N–H and O–H groups in total. The van der Waals surface area contributed by atoms with Crippen LogP contribution in [-0.4, -0.2) is 28.1 Å². The van der Waals surface area contributed by atoms with Crippen molar-refractivity contribution in [2.24, 2.45) is 46.3 Å². The minimum Gasteiger partial charge on any atom is -0.481 e. The second-order valence-electron chi connectivity index (χ2n) is 11.2. The van der Waals surface area contributed by atoms with Gasteiger partial charge in [-0.15, -0.1) is 0 Å². The Morgan fingerprint density at radius 2 is 1.82 bits per heavy atom. The number of aliphatic carboxylic acids is 1. The normalized spacial score (nSPS) is 49.1. The van der Waals surface area contributed by atoms with Crippen molar-refractivity contribution >= 4 is 11.8 Å². The van der Waals surface area contributed by atoms with Gasteiger partial charge in [0.2, 0.25) is 0 Å². The molecule has 0 aromatic carbocycles. The number of carbonyl (C=O) groups is 2. The number of hydrogen-bond donors (Lipinski definition) is 2.